The minimum absolute atomic E-state index is 0.168. The molecule has 1 nitrogen and oxygen atoms in total. The van der Waals surface area contributed by atoms with Crippen molar-refractivity contribution in [3.05, 3.63) is 34.9 Å². The lowest BCUT2D eigenvalue weighted by molar-refractivity contribution is -0.113. The molecular weight excluding hydrogens is 244 g/mol. The molecular formula is C16H21ClO. The number of halogens is 1. The van der Waals surface area contributed by atoms with Crippen molar-refractivity contribution >= 4 is 17.9 Å². The summed E-state index contributed by atoms with van der Waals surface area (Å²) < 4.78 is 0. The summed E-state index contributed by atoms with van der Waals surface area (Å²) in [4.78, 5) is 11.2. The molecule has 1 atom stereocenters. The lowest BCUT2D eigenvalue weighted by Crippen LogP contribution is -2.37. The van der Waals surface area contributed by atoms with Gasteiger partial charge in [-0.2, -0.15) is 0 Å². The van der Waals surface area contributed by atoms with E-state index in [2.05, 4.69) is 26.0 Å². The zero-order valence-corrected chi connectivity index (χ0v) is 11.9. The van der Waals surface area contributed by atoms with Gasteiger partial charge in [0.05, 0.1) is 0 Å². The average Bonchev–Trinajstić information content (AvgIpc) is 2.29. The van der Waals surface area contributed by atoms with Crippen LogP contribution < -0.4 is 0 Å². The highest BCUT2D eigenvalue weighted by Crippen LogP contribution is 2.48. The molecule has 0 aliphatic heterocycles. The SMILES string of the molecule is CC(C)C(C=O)CC1(c2ccc(Cl)cc2)CCC1. The van der Waals surface area contributed by atoms with E-state index >= 15 is 0 Å². The molecule has 0 spiro atoms. The first-order chi connectivity index (χ1) is 8.57. The minimum Gasteiger partial charge on any atom is -0.303 e. The first kappa shape index (κ1) is 13.6. The van der Waals surface area contributed by atoms with Crippen molar-refractivity contribution in [2.24, 2.45) is 11.8 Å². The molecule has 1 aliphatic carbocycles. The molecule has 0 bridgehead atoms. The zero-order valence-electron chi connectivity index (χ0n) is 11.2. The van der Waals surface area contributed by atoms with Crippen molar-refractivity contribution in [2.75, 3.05) is 0 Å². The van der Waals surface area contributed by atoms with Gasteiger partial charge in [0.15, 0.2) is 0 Å². The predicted octanol–water partition coefficient (Wildman–Crippen LogP) is 4.62. The number of hydrogen-bond acceptors (Lipinski definition) is 1. The quantitative estimate of drug-likeness (QED) is 0.709. The first-order valence-corrected chi connectivity index (χ1v) is 7.16. The Kier molecular flexibility index (Phi) is 4.11. The molecule has 1 fully saturated rings. The van der Waals surface area contributed by atoms with Gasteiger partial charge in [-0.1, -0.05) is 44.0 Å². The van der Waals surface area contributed by atoms with E-state index in [0.29, 0.717) is 5.92 Å². The van der Waals surface area contributed by atoms with Crippen LogP contribution in [0.5, 0.6) is 0 Å². The highest BCUT2D eigenvalue weighted by molar-refractivity contribution is 6.30. The summed E-state index contributed by atoms with van der Waals surface area (Å²) in [6, 6.07) is 8.18. The van der Waals surface area contributed by atoms with Crippen molar-refractivity contribution in [1.29, 1.82) is 0 Å². The van der Waals surface area contributed by atoms with Crippen LogP contribution in [0, 0.1) is 11.8 Å². The lowest BCUT2D eigenvalue weighted by Gasteiger charge is -2.44. The fraction of sp³-hybridized carbons (Fsp3) is 0.562. The molecule has 18 heavy (non-hydrogen) atoms. The standard InChI is InChI=1S/C16H21ClO/c1-12(2)13(11-18)10-16(8-3-9-16)14-4-6-15(17)7-5-14/h4-7,11-13H,3,8-10H2,1-2H3. The van der Waals surface area contributed by atoms with Crippen molar-refractivity contribution in [3.8, 4) is 0 Å². The van der Waals surface area contributed by atoms with Crippen LogP contribution in [0.1, 0.15) is 45.1 Å². The summed E-state index contributed by atoms with van der Waals surface area (Å²) in [5, 5.41) is 0.782. The Bertz CT molecular complexity index is 404. The van der Waals surface area contributed by atoms with Crippen LogP contribution in [0.25, 0.3) is 0 Å². The van der Waals surface area contributed by atoms with E-state index in [1.165, 1.54) is 24.8 Å². The summed E-state index contributed by atoms with van der Waals surface area (Å²) >= 11 is 5.95. The summed E-state index contributed by atoms with van der Waals surface area (Å²) in [6.45, 7) is 4.26. The third-order valence-corrected chi connectivity index (χ3v) is 4.68. The Labute approximate surface area is 115 Å². The molecule has 1 aromatic carbocycles. The monoisotopic (exact) mass is 264 g/mol. The first-order valence-electron chi connectivity index (χ1n) is 6.79. The van der Waals surface area contributed by atoms with Crippen molar-refractivity contribution in [2.45, 2.75) is 44.9 Å². The Morgan fingerprint density at radius 3 is 2.28 bits per heavy atom. The highest BCUT2D eigenvalue weighted by Gasteiger charge is 2.40. The van der Waals surface area contributed by atoms with E-state index in [1.54, 1.807) is 0 Å². The highest BCUT2D eigenvalue weighted by atomic mass is 35.5. The van der Waals surface area contributed by atoms with Gasteiger partial charge in [-0.25, -0.2) is 0 Å². The Balaban J connectivity index is 2.20. The Hall–Kier alpha value is -0.820. The number of carbonyl (C=O) groups is 1. The van der Waals surface area contributed by atoms with Gasteiger partial charge >= 0.3 is 0 Å². The van der Waals surface area contributed by atoms with Gasteiger partial charge in [-0.3, -0.25) is 0 Å². The summed E-state index contributed by atoms with van der Waals surface area (Å²) in [5.74, 6) is 0.591. The second kappa shape index (κ2) is 5.44. The van der Waals surface area contributed by atoms with Crippen molar-refractivity contribution in [3.63, 3.8) is 0 Å². The van der Waals surface area contributed by atoms with E-state index in [1.807, 2.05) is 12.1 Å². The summed E-state index contributed by atoms with van der Waals surface area (Å²) in [7, 11) is 0. The van der Waals surface area contributed by atoms with E-state index in [-0.39, 0.29) is 11.3 Å². The molecule has 2 heteroatoms. The minimum atomic E-state index is 0.168. The van der Waals surface area contributed by atoms with Gasteiger partial charge < -0.3 is 4.79 Å². The van der Waals surface area contributed by atoms with Gasteiger partial charge in [-0.15, -0.1) is 0 Å². The van der Waals surface area contributed by atoms with Crippen LogP contribution in [0.2, 0.25) is 5.02 Å². The van der Waals surface area contributed by atoms with E-state index in [4.69, 9.17) is 11.6 Å². The Morgan fingerprint density at radius 2 is 1.89 bits per heavy atom. The molecule has 0 saturated heterocycles. The smallest absolute Gasteiger partial charge is 0.123 e. The molecule has 0 amide bonds. The molecule has 1 aliphatic rings. The van der Waals surface area contributed by atoms with E-state index in [9.17, 15) is 4.79 Å². The van der Waals surface area contributed by atoms with E-state index in [0.717, 1.165) is 17.7 Å². The number of hydrogen-bond donors (Lipinski definition) is 0. The van der Waals surface area contributed by atoms with Crippen LogP contribution in [-0.2, 0) is 10.2 Å². The molecule has 98 valence electrons. The molecule has 0 heterocycles. The maximum Gasteiger partial charge on any atom is 0.123 e. The number of benzene rings is 1. The zero-order chi connectivity index (χ0) is 13.2. The number of carbonyl (C=O) groups excluding carboxylic acids is 1. The summed E-state index contributed by atoms with van der Waals surface area (Å²) in [6.07, 6.45) is 5.79. The third kappa shape index (κ3) is 2.61. The largest absolute Gasteiger partial charge is 0.303 e. The predicted molar refractivity (Wildman–Crippen MR) is 76.0 cm³/mol. The van der Waals surface area contributed by atoms with Crippen LogP contribution in [0.3, 0.4) is 0 Å². The third-order valence-electron chi connectivity index (χ3n) is 4.42. The molecule has 2 rings (SSSR count). The topological polar surface area (TPSA) is 17.1 Å². The fourth-order valence-corrected chi connectivity index (χ4v) is 3.04. The molecule has 1 saturated carbocycles. The van der Waals surface area contributed by atoms with Gasteiger partial charge in [0, 0.05) is 10.9 Å². The molecule has 0 radical (unpaired) electrons. The van der Waals surface area contributed by atoms with Gasteiger partial charge in [-0.05, 0) is 48.3 Å². The lowest BCUT2D eigenvalue weighted by atomic mass is 9.60. The van der Waals surface area contributed by atoms with Gasteiger partial charge in [0.25, 0.3) is 0 Å². The van der Waals surface area contributed by atoms with Crippen LogP contribution in [0.15, 0.2) is 24.3 Å². The van der Waals surface area contributed by atoms with Crippen molar-refractivity contribution < 1.29 is 4.79 Å². The molecule has 0 N–H and O–H groups in total. The molecule has 0 aromatic heterocycles. The van der Waals surface area contributed by atoms with E-state index < -0.39 is 0 Å². The average molecular weight is 265 g/mol. The van der Waals surface area contributed by atoms with Crippen molar-refractivity contribution in [1.82, 2.24) is 0 Å². The van der Waals surface area contributed by atoms with Gasteiger partial charge in [0.1, 0.15) is 6.29 Å². The Morgan fingerprint density at radius 1 is 1.28 bits per heavy atom. The second-order valence-electron chi connectivity index (χ2n) is 5.89. The maximum atomic E-state index is 11.2. The maximum absolute atomic E-state index is 11.2. The van der Waals surface area contributed by atoms with Crippen LogP contribution in [0.4, 0.5) is 0 Å². The van der Waals surface area contributed by atoms with Gasteiger partial charge in [0.2, 0.25) is 0 Å². The van der Waals surface area contributed by atoms with Crippen LogP contribution >= 0.6 is 11.6 Å². The molecule has 1 unspecified atom stereocenters. The summed E-state index contributed by atoms with van der Waals surface area (Å²) in [5.41, 5.74) is 1.58. The fourth-order valence-electron chi connectivity index (χ4n) is 2.91. The normalized spacial score (nSPS) is 19.3. The van der Waals surface area contributed by atoms with Crippen LogP contribution in [-0.4, -0.2) is 6.29 Å². The number of rotatable bonds is 5. The molecule has 1 aromatic rings. The second-order valence-corrected chi connectivity index (χ2v) is 6.33. The number of aldehydes is 1.